The lowest BCUT2D eigenvalue weighted by atomic mass is 10.1. The van der Waals surface area contributed by atoms with E-state index in [1.165, 1.54) is 7.11 Å². The number of carbonyl (C=O) groups is 2. The number of quaternary nitrogens is 1. The van der Waals surface area contributed by atoms with Crippen LogP contribution < -0.4 is 3.89 Å². The van der Waals surface area contributed by atoms with E-state index in [9.17, 15) is 18.4 Å². The Morgan fingerprint density at radius 1 is 1.16 bits per heavy atom. The number of amides is 2. The third-order valence-electron chi connectivity index (χ3n) is 6.21. The van der Waals surface area contributed by atoms with Gasteiger partial charge < -0.3 is 19.4 Å². The first-order chi connectivity index (χ1) is 14.7. The quantitative estimate of drug-likeness (QED) is 0.516. The molecule has 1 aromatic rings. The lowest BCUT2D eigenvalue weighted by Gasteiger charge is -2.42. The first kappa shape index (κ1) is 23.6. The summed E-state index contributed by atoms with van der Waals surface area (Å²) in [5, 5.41) is 0. The minimum atomic E-state index is -2.13. The number of methoxy groups -OCH3 is 1. The minimum Gasteiger partial charge on any atom is -0.453 e. The number of carbonyl (C=O) groups excluding carboxylic acids is 2. The average Bonchev–Trinajstić information content (AvgIpc) is 3.26. The summed E-state index contributed by atoms with van der Waals surface area (Å²) in [5.41, 5.74) is 1.37. The van der Waals surface area contributed by atoms with Crippen molar-refractivity contribution >= 4 is 29.0 Å². The summed E-state index contributed by atoms with van der Waals surface area (Å²) in [6.07, 6.45) is 2.08. The van der Waals surface area contributed by atoms with Gasteiger partial charge in [-0.25, -0.2) is 4.79 Å². The summed E-state index contributed by atoms with van der Waals surface area (Å²) >= 11 is -2.13. The Morgan fingerprint density at radius 3 is 2.48 bits per heavy atom. The van der Waals surface area contributed by atoms with Gasteiger partial charge in [0.1, 0.15) is 0 Å². The molecule has 0 spiro atoms. The molecule has 10 heteroatoms. The molecule has 1 N–H and O–H groups in total. The van der Waals surface area contributed by atoms with E-state index in [1.54, 1.807) is 25.1 Å². The number of benzene rings is 1. The fourth-order valence-corrected chi connectivity index (χ4v) is 4.78. The predicted octanol–water partition coefficient (Wildman–Crippen LogP) is 1.31. The van der Waals surface area contributed by atoms with E-state index < -0.39 is 11.3 Å². The number of nitrogens with zero attached hydrogens (tertiary/aromatic N) is 4. The van der Waals surface area contributed by atoms with E-state index in [-0.39, 0.29) is 28.4 Å². The lowest BCUT2D eigenvalue weighted by Crippen LogP contribution is -2.60. The van der Waals surface area contributed by atoms with Gasteiger partial charge in [0, 0.05) is 37.8 Å². The highest BCUT2D eigenvalue weighted by atomic mass is 32.2. The average molecular weight is 454 g/mol. The molecule has 0 radical (unpaired) electrons. The van der Waals surface area contributed by atoms with Gasteiger partial charge in [-0.3, -0.25) is 9.35 Å². The Bertz CT molecular complexity index is 828. The third-order valence-corrected chi connectivity index (χ3v) is 7.19. The fraction of sp³-hybridized carbons (Fsp3) is 0.619. The van der Waals surface area contributed by atoms with E-state index in [0.717, 1.165) is 38.0 Å². The van der Waals surface area contributed by atoms with Gasteiger partial charge in [-0.15, -0.1) is 0 Å². The van der Waals surface area contributed by atoms with Gasteiger partial charge in [0.2, 0.25) is 5.91 Å². The molecule has 31 heavy (non-hydrogen) atoms. The molecule has 2 atom stereocenters. The zero-order valence-electron chi connectivity index (χ0n) is 18.5. The third kappa shape index (κ3) is 5.43. The maximum atomic E-state index is 13.4. The Balaban J connectivity index is 1.79. The summed E-state index contributed by atoms with van der Waals surface area (Å²) in [6, 6.07) is 7.15. The molecule has 2 saturated heterocycles. The van der Waals surface area contributed by atoms with Crippen molar-refractivity contribution in [2.24, 2.45) is 0 Å². The summed E-state index contributed by atoms with van der Waals surface area (Å²) in [7, 11) is 4.66. The van der Waals surface area contributed by atoms with Gasteiger partial charge >= 0.3 is 17.4 Å². The van der Waals surface area contributed by atoms with Gasteiger partial charge in [-0.1, -0.05) is 18.2 Å². The summed E-state index contributed by atoms with van der Waals surface area (Å²) in [6.45, 7) is 4.06. The molecular formula is C21H33N4O5S+. The van der Waals surface area contributed by atoms with E-state index in [0.29, 0.717) is 25.3 Å². The van der Waals surface area contributed by atoms with Crippen molar-refractivity contribution < 1.29 is 23.1 Å². The highest BCUT2D eigenvalue weighted by Gasteiger charge is 2.36. The van der Waals surface area contributed by atoms with Gasteiger partial charge in [-0.2, -0.15) is 8.10 Å². The molecule has 2 amide bonds. The van der Waals surface area contributed by atoms with E-state index in [4.69, 9.17) is 4.74 Å². The molecule has 2 heterocycles. The number of hydrogen-bond donors (Lipinski definition) is 1. The molecule has 0 aromatic heterocycles. The molecule has 9 nitrogen and oxygen atoms in total. The van der Waals surface area contributed by atoms with E-state index >= 15 is 0 Å². The summed E-state index contributed by atoms with van der Waals surface area (Å²) < 4.78 is 26.3. The predicted molar refractivity (Wildman–Crippen MR) is 120 cm³/mol. The first-order valence-electron chi connectivity index (χ1n) is 10.6. The van der Waals surface area contributed by atoms with E-state index in [2.05, 4.69) is 4.90 Å². The standard InChI is InChI=1S/C21H32N4O5S/c1-25(2,31(28)29)19-9-5-4-8-17(19)14-20(26)24-13-12-23(21(27)30-3)16-18(24)15-22-10-6-7-11-22/h4-5,8-9,18H,6-7,10-16H2,1-3H3/p+1/t18-/m1/s1. The molecule has 0 bridgehead atoms. The number of para-hydroxylation sites is 1. The second-order valence-corrected chi connectivity index (χ2v) is 9.93. The number of hydrogen-bond acceptors (Lipinski definition) is 5. The van der Waals surface area contributed by atoms with Crippen LogP contribution in [0.3, 0.4) is 0 Å². The second-order valence-electron chi connectivity index (χ2n) is 8.55. The van der Waals surface area contributed by atoms with Crippen LogP contribution in [0.5, 0.6) is 0 Å². The molecule has 2 aliphatic rings. The first-order valence-corrected chi connectivity index (χ1v) is 11.7. The van der Waals surface area contributed by atoms with Crippen LogP contribution in [0.1, 0.15) is 18.4 Å². The van der Waals surface area contributed by atoms with Crippen LogP contribution in [0.25, 0.3) is 0 Å². The molecule has 1 aromatic carbocycles. The fourth-order valence-electron chi connectivity index (χ4n) is 4.43. The highest BCUT2D eigenvalue weighted by molar-refractivity contribution is 7.78. The molecule has 0 saturated carbocycles. The van der Waals surface area contributed by atoms with Crippen molar-refractivity contribution in [1.29, 1.82) is 0 Å². The highest BCUT2D eigenvalue weighted by Crippen LogP contribution is 2.27. The smallest absolute Gasteiger partial charge is 0.409 e. The van der Waals surface area contributed by atoms with Crippen LogP contribution in [-0.2, 0) is 27.2 Å². The van der Waals surface area contributed by atoms with Gasteiger partial charge in [0.25, 0.3) is 0 Å². The monoisotopic (exact) mass is 453 g/mol. The minimum absolute atomic E-state index is 0.0371. The maximum absolute atomic E-state index is 13.4. The second kappa shape index (κ2) is 10.1. The van der Waals surface area contributed by atoms with Crippen molar-refractivity contribution in [2.45, 2.75) is 25.3 Å². The molecule has 1 unspecified atom stereocenters. The Hall–Kier alpha value is -2.01. The molecular weight excluding hydrogens is 420 g/mol. The normalized spacial score (nSPS) is 21.2. The van der Waals surface area contributed by atoms with Crippen molar-refractivity contribution in [3.05, 3.63) is 29.8 Å². The van der Waals surface area contributed by atoms with Crippen LogP contribution in [-0.4, -0.2) is 102 Å². The Labute approximate surface area is 186 Å². The number of ether oxygens (including phenoxy) is 1. The topological polar surface area (TPSA) is 90.4 Å². The van der Waals surface area contributed by atoms with Gasteiger partial charge in [0.15, 0.2) is 5.69 Å². The van der Waals surface area contributed by atoms with Crippen molar-refractivity contribution in [3.8, 4) is 0 Å². The summed E-state index contributed by atoms with van der Waals surface area (Å²) in [4.78, 5) is 31.3. The number of rotatable bonds is 6. The Morgan fingerprint density at radius 2 is 1.84 bits per heavy atom. The zero-order chi connectivity index (χ0) is 22.6. The van der Waals surface area contributed by atoms with Crippen LogP contribution in [0, 0.1) is 0 Å². The SMILES string of the molecule is COC(=O)N1CCN(C(=O)Cc2ccccc2[N+](C)(C)S(=O)O)[C@H](CN2CCCC2)C1. The van der Waals surface area contributed by atoms with Crippen molar-refractivity contribution in [3.63, 3.8) is 0 Å². The molecule has 172 valence electrons. The van der Waals surface area contributed by atoms with Crippen LogP contribution in [0.15, 0.2) is 24.3 Å². The molecule has 2 aliphatic heterocycles. The van der Waals surface area contributed by atoms with Gasteiger partial charge in [-0.05, 0) is 25.9 Å². The van der Waals surface area contributed by atoms with Crippen LogP contribution >= 0.6 is 0 Å². The van der Waals surface area contributed by atoms with Crippen molar-refractivity contribution in [2.75, 3.05) is 60.5 Å². The molecule has 2 fully saturated rings. The lowest BCUT2D eigenvalue weighted by molar-refractivity contribution is -0.135. The number of piperazine rings is 1. The zero-order valence-corrected chi connectivity index (χ0v) is 19.3. The maximum Gasteiger partial charge on any atom is 0.409 e. The van der Waals surface area contributed by atoms with Crippen LogP contribution in [0.2, 0.25) is 0 Å². The number of likely N-dealkylation sites (tertiary alicyclic amines) is 1. The largest absolute Gasteiger partial charge is 0.453 e. The van der Waals surface area contributed by atoms with Crippen molar-refractivity contribution in [1.82, 2.24) is 18.6 Å². The molecule has 3 rings (SSSR count). The summed E-state index contributed by atoms with van der Waals surface area (Å²) in [5.74, 6) is -0.0371. The van der Waals surface area contributed by atoms with E-state index in [1.807, 2.05) is 23.1 Å². The van der Waals surface area contributed by atoms with Gasteiger partial charge in [0.05, 0.1) is 33.7 Å². The van der Waals surface area contributed by atoms with Crippen LogP contribution in [0.4, 0.5) is 10.5 Å². The molecule has 0 aliphatic carbocycles. The Kier molecular flexibility index (Phi) is 7.68.